The quantitative estimate of drug-likeness (QED) is 0.545. The zero-order valence-corrected chi connectivity index (χ0v) is 16.5. The molecule has 140 valence electrons. The van der Waals surface area contributed by atoms with E-state index in [9.17, 15) is 4.79 Å². The number of halogens is 1. The van der Waals surface area contributed by atoms with Gasteiger partial charge >= 0.3 is 0 Å². The largest absolute Gasteiger partial charge is 0.497 e. The van der Waals surface area contributed by atoms with Crippen molar-refractivity contribution in [2.24, 2.45) is 0 Å². The number of nitrogens with one attached hydrogen (secondary N) is 1. The lowest BCUT2D eigenvalue weighted by Gasteiger charge is -2.11. The molecule has 0 aromatic heterocycles. The topological polar surface area (TPSA) is 56.8 Å². The van der Waals surface area contributed by atoms with Crippen molar-refractivity contribution in [3.8, 4) is 17.2 Å². The van der Waals surface area contributed by atoms with Crippen LogP contribution in [0, 0.1) is 0 Å². The molecular weight excluding hydrogens is 410 g/mol. The molecule has 0 bridgehead atoms. The molecule has 0 heterocycles. The summed E-state index contributed by atoms with van der Waals surface area (Å²) in [4.78, 5) is 12.0. The second kappa shape index (κ2) is 9.28. The minimum absolute atomic E-state index is 0.0561. The zero-order valence-electron chi connectivity index (χ0n) is 14.9. The van der Waals surface area contributed by atoms with Crippen LogP contribution in [0.5, 0.6) is 17.2 Å². The molecule has 0 aliphatic carbocycles. The van der Waals surface area contributed by atoms with E-state index in [1.54, 1.807) is 7.11 Å². The number of ether oxygens (including phenoxy) is 3. The van der Waals surface area contributed by atoms with E-state index < -0.39 is 0 Å². The SMILES string of the molecule is COc1ccc(OCCNC(=O)COc2ccc3ccccc3c2Br)cc1. The number of fused-ring (bicyclic) bond motifs is 1. The van der Waals surface area contributed by atoms with E-state index in [-0.39, 0.29) is 12.5 Å². The van der Waals surface area contributed by atoms with Gasteiger partial charge in [0.05, 0.1) is 18.1 Å². The molecular formula is C21H20BrNO4. The fourth-order valence-corrected chi connectivity index (χ4v) is 3.16. The number of carbonyl (C=O) groups is 1. The average molecular weight is 430 g/mol. The first kappa shape index (κ1) is 19.0. The van der Waals surface area contributed by atoms with Crippen LogP contribution in [0.3, 0.4) is 0 Å². The molecule has 1 N–H and O–H groups in total. The van der Waals surface area contributed by atoms with Crippen LogP contribution in [0.15, 0.2) is 65.1 Å². The second-order valence-corrected chi connectivity index (χ2v) is 6.55. The summed E-state index contributed by atoms with van der Waals surface area (Å²) >= 11 is 3.55. The Morgan fingerprint density at radius 1 is 0.963 bits per heavy atom. The fraction of sp³-hybridized carbons (Fsp3) is 0.190. The summed E-state index contributed by atoms with van der Waals surface area (Å²) in [7, 11) is 1.62. The summed E-state index contributed by atoms with van der Waals surface area (Å²) in [6.07, 6.45) is 0. The van der Waals surface area contributed by atoms with Crippen LogP contribution in [-0.2, 0) is 4.79 Å². The Labute approximate surface area is 166 Å². The van der Waals surface area contributed by atoms with Gasteiger partial charge in [0.15, 0.2) is 6.61 Å². The molecule has 6 heteroatoms. The van der Waals surface area contributed by atoms with Crippen molar-refractivity contribution >= 4 is 32.6 Å². The lowest BCUT2D eigenvalue weighted by atomic mass is 10.1. The van der Waals surface area contributed by atoms with E-state index >= 15 is 0 Å². The molecule has 0 radical (unpaired) electrons. The van der Waals surface area contributed by atoms with Crippen molar-refractivity contribution in [2.45, 2.75) is 0 Å². The van der Waals surface area contributed by atoms with Crippen LogP contribution in [0.2, 0.25) is 0 Å². The smallest absolute Gasteiger partial charge is 0.258 e. The maximum Gasteiger partial charge on any atom is 0.258 e. The van der Waals surface area contributed by atoms with E-state index in [0.717, 1.165) is 26.7 Å². The minimum Gasteiger partial charge on any atom is -0.497 e. The maximum absolute atomic E-state index is 12.0. The minimum atomic E-state index is -0.201. The van der Waals surface area contributed by atoms with E-state index in [1.807, 2.05) is 60.7 Å². The Hall–Kier alpha value is -2.73. The number of rotatable bonds is 8. The molecule has 0 unspecified atom stereocenters. The molecule has 0 spiro atoms. The van der Waals surface area contributed by atoms with Crippen molar-refractivity contribution in [1.82, 2.24) is 5.32 Å². The summed E-state index contributed by atoms with van der Waals surface area (Å²) in [5, 5.41) is 4.93. The molecule has 3 aromatic rings. The first-order valence-electron chi connectivity index (χ1n) is 8.51. The van der Waals surface area contributed by atoms with Crippen LogP contribution >= 0.6 is 15.9 Å². The Kier molecular flexibility index (Phi) is 6.54. The molecule has 3 aromatic carbocycles. The lowest BCUT2D eigenvalue weighted by Crippen LogP contribution is -2.32. The molecule has 0 atom stereocenters. The predicted molar refractivity (Wildman–Crippen MR) is 109 cm³/mol. The van der Waals surface area contributed by atoms with Crippen molar-refractivity contribution < 1.29 is 19.0 Å². The van der Waals surface area contributed by atoms with Crippen LogP contribution < -0.4 is 19.5 Å². The molecule has 5 nitrogen and oxygen atoms in total. The monoisotopic (exact) mass is 429 g/mol. The Balaban J connectivity index is 1.42. The highest BCUT2D eigenvalue weighted by atomic mass is 79.9. The van der Waals surface area contributed by atoms with Gasteiger partial charge in [-0.05, 0) is 57.0 Å². The average Bonchev–Trinajstić information content (AvgIpc) is 2.71. The molecule has 0 aliphatic rings. The van der Waals surface area contributed by atoms with E-state index in [4.69, 9.17) is 14.2 Å². The van der Waals surface area contributed by atoms with Gasteiger partial charge in [0.1, 0.15) is 23.9 Å². The first-order chi connectivity index (χ1) is 13.2. The number of methoxy groups -OCH3 is 1. The molecule has 0 aliphatic heterocycles. The number of hydrogen-bond donors (Lipinski definition) is 1. The Morgan fingerprint density at radius 2 is 1.70 bits per heavy atom. The highest BCUT2D eigenvalue weighted by Gasteiger charge is 2.08. The van der Waals surface area contributed by atoms with Gasteiger partial charge in [-0.25, -0.2) is 0 Å². The van der Waals surface area contributed by atoms with Crippen LogP contribution in [0.1, 0.15) is 0 Å². The molecule has 3 rings (SSSR count). The van der Waals surface area contributed by atoms with Crippen molar-refractivity contribution in [1.29, 1.82) is 0 Å². The van der Waals surface area contributed by atoms with Crippen LogP contribution in [-0.4, -0.2) is 32.8 Å². The highest BCUT2D eigenvalue weighted by molar-refractivity contribution is 9.10. The number of carbonyl (C=O) groups excluding carboxylic acids is 1. The summed E-state index contributed by atoms with van der Waals surface area (Å²) in [5.41, 5.74) is 0. The van der Waals surface area contributed by atoms with E-state index in [1.165, 1.54) is 0 Å². The molecule has 0 fully saturated rings. The third-order valence-electron chi connectivity index (χ3n) is 3.94. The van der Waals surface area contributed by atoms with Gasteiger partial charge in [0.25, 0.3) is 5.91 Å². The fourth-order valence-electron chi connectivity index (χ4n) is 2.55. The molecule has 0 saturated carbocycles. The molecule has 27 heavy (non-hydrogen) atoms. The van der Waals surface area contributed by atoms with Gasteiger partial charge in [-0.3, -0.25) is 4.79 Å². The molecule has 1 amide bonds. The third-order valence-corrected chi connectivity index (χ3v) is 4.76. The predicted octanol–water partition coefficient (Wildman–Crippen LogP) is 4.18. The van der Waals surface area contributed by atoms with Gasteiger partial charge in [0.2, 0.25) is 0 Å². The summed E-state index contributed by atoms with van der Waals surface area (Å²) in [6.45, 7) is 0.713. The number of hydrogen-bond acceptors (Lipinski definition) is 4. The van der Waals surface area contributed by atoms with Crippen LogP contribution in [0.25, 0.3) is 10.8 Å². The van der Waals surface area contributed by atoms with Gasteiger partial charge in [-0.15, -0.1) is 0 Å². The first-order valence-corrected chi connectivity index (χ1v) is 9.30. The third kappa shape index (κ3) is 5.14. The summed E-state index contributed by atoms with van der Waals surface area (Å²) in [5.74, 6) is 1.93. The second-order valence-electron chi connectivity index (χ2n) is 5.76. The lowest BCUT2D eigenvalue weighted by molar-refractivity contribution is -0.123. The van der Waals surface area contributed by atoms with E-state index in [0.29, 0.717) is 18.9 Å². The van der Waals surface area contributed by atoms with Crippen LogP contribution in [0.4, 0.5) is 0 Å². The molecule has 0 saturated heterocycles. The van der Waals surface area contributed by atoms with Gasteiger partial charge < -0.3 is 19.5 Å². The maximum atomic E-state index is 12.0. The van der Waals surface area contributed by atoms with Crippen molar-refractivity contribution in [2.75, 3.05) is 26.9 Å². The zero-order chi connectivity index (χ0) is 19.1. The van der Waals surface area contributed by atoms with Gasteiger partial charge in [0, 0.05) is 0 Å². The van der Waals surface area contributed by atoms with Gasteiger partial charge in [-0.2, -0.15) is 0 Å². The standard InChI is InChI=1S/C21H20BrNO4/c1-25-16-7-9-17(10-8-16)26-13-12-23-20(24)14-27-19-11-6-15-4-2-3-5-18(15)21(19)22/h2-11H,12-14H2,1H3,(H,23,24). The van der Waals surface area contributed by atoms with Gasteiger partial charge in [-0.1, -0.05) is 30.3 Å². The Morgan fingerprint density at radius 3 is 2.48 bits per heavy atom. The summed E-state index contributed by atoms with van der Waals surface area (Å²) in [6, 6.07) is 19.1. The van der Waals surface area contributed by atoms with Crippen molar-refractivity contribution in [3.05, 3.63) is 65.1 Å². The normalized spacial score (nSPS) is 10.4. The van der Waals surface area contributed by atoms with E-state index in [2.05, 4.69) is 21.2 Å². The van der Waals surface area contributed by atoms with Crippen molar-refractivity contribution in [3.63, 3.8) is 0 Å². The Bertz CT molecular complexity index is 912. The highest BCUT2D eigenvalue weighted by Crippen LogP contribution is 2.32. The number of benzene rings is 3. The summed E-state index contributed by atoms with van der Waals surface area (Å²) < 4.78 is 17.1. The number of amides is 1.